The molecule has 2 aromatic rings. The quantitative estimate of drug-likeness (QED) is 0.853. The molecule has 1 heterocycles. The SMILES string of the molecule is COc1ccc([C@H](O)[C@H](C)N[C@@H](C)c2cnccn2)cc1. The summed E-state index contributed by atoms with van der Waals surface area (Å²) < 4.78 is 5.12. The second-order valence-corrected chi connectivity index (χ2v) is 5.03. The number of nitrogens with zero attached hydrogens (tertiary/aromatic N) is 2. The van der Waals surface area contributed by atoms with Crippen LogP contribution >= 0.6 is 0 Å². The molecule has 2 rings (SSSR count). The molecule has 0 amide bonds. The average Bonchev–Trinajstić information content (AvgIpc) is 2.55. The van der Waals surface area contributed by atoms with Crippen molar-refractivity contribution in [2.45, 2.75) is 32.0 Å². The largest absolute Gasteiger partial charge is 0.497 e. The number of hydrogen-bond donors (Lipinski definition) is 2. The average molecular weight is 287 g/mol. The molecule has 1 aromatic carbocycles. The van der Waals surface area contributed by atoms with E-state index in [2.05, 4.69) is 15.3 Å². The highest BCUT2D eigenvalue weighted by Crippen LogP contribution is 2.21. The Kier molecular flexibility index (Phi) is 5.25. The normalized spacial score (nSPS) is 15.2. The lowest BCUT2D eigenvalue weighted by molar-refractivity contribution is 0.130. The number of aromatic nitrogens is 2. The van der Waals surface area contributed by atoms with Gasteiger partial charge in [0.15, 0.2) is 0 Å². The van der Waals surface area contributed by atoms with Gasteiger partial charge in [0.25, 0.3) is 0 Å². The lowest BCUT2D eigenvalue weighted by Gasteiger charge is -2.24. The van der Waals surface area contributed by atoms with Crippen LogP contribution in [0.2, 0.25) is 0 Å². The lowest BCUT2D eigenvalue weighted by Crippen LogP contribution is -2.34. The molecule has 0 aliphatic rings. The molecule has 0 bridgehead atoms. The van der Waals surface area contributed by atoms with E-state index in [0.29, 0.717) is 0 Å². The van der Waals surface area contributed by atoms with Gasteiger partial charge in [0.2, 0.25) is 0 Å². The van der Waals surface area contributed by atoms with Gasteiger partial charge in [0, 0.05) is 30.7 Å². The van der Waals surface area contributed by atoms with Crippen molar-refractivity contribution in [3.63, 3.8) is 0 Å². The number of rotatable bonds is 6. The first-order valence-electron chi connectivity index (χ1n) is 6.95. The van der Waals surface area contributed by atoms with E-state index in [4.69, 9.17) is 4.74 Å². The van der Waals surface area contributed by atoms with Gasteiger partial charge in [-0.15, -0.1) is 0 Å². The standard InChI is InChI=1S/C16H21N3O2/c1-11(15-10-17-8-9-18-15)19-12(2)16(20)13-4-6-14(21-3)7-5-13/h4-12,16,19-20H,1-3H3/t11-,12-,16+/m0/s1. The third-order valence-electron chi connectivity index (χ3n) is 3.47. The number of nitrogens with one attached hydrogen (secondary N) is 1. The zero-order valence-corrected chi connectivity index (χ0v) is 12.5. The molecule has 5 nitrogen and oxygen atoms in total. The van der Waals surface area contributed by atoms with E-state index < -0.39 is 6.10 Å². The van der Waals surface area contributed by atoms with Gasteiger partial charge in [-0.1, -0.05) is 12.1 Å². The van der Waals surface area contributed by atoms with Crippen molar-refractivity contribution in [3.8, 4) is 5.75 Å². The first-order valence-corrected chi connectivity index (χ1v) is 6.95. The zero-order valence-electron chi connectivity index (χ0n) is 12.5. The number of aliphatic hydroxyl groups excluding tert-OH is 1. The van der Waals surface area contributed by atoms with Crippen molar-refractivity contribution in [2.24, 2.45) is 0 Å². The minimum absolute atomic E-state index is 0.0154. The Morgan fingerprint density at radius 1 is 1.14 bits per heavy atom. The molecule has 21 heavy (non-hydrogen) atoms. The van der Waals surface area contributed by atoms with Gasteiger partial charge in [-0.3, -0.25) is 9.97 Å². The Labute approximate surface area is 125 Å². The molecular weight excluding hydrogens is 266 g/mol. The van der Waals surface area contributed by atoms with Crippen LogP contribution in [-0.2, 0) is 0 Å². The Hall–Kier alpha value is -1.98. The van der Waals surface area contributed by atoms with E-state index in [-0.39, 0.29) is 12.1 Å². The minimum atomic E-state index is -0.602. The molecule has 2 N–H and O–H groups in total. The van der Waals surface area contributed by atoms with Crippen molar-refractivity contribution in [1.82, 2.24) is 15.3 Å². The molecule has 112 valence electrons. The molecule has 0 aliphatic carbocycles. The summed E-state index contributed by atoms with van der Waals surface area (Å²) in [5, 5.41) is 13.7. The molecule has 0 saturated heterocycles. The van der Waals surface area contributed by atoms with Crippen LogP contribution in [0.1, 0.15) is 37.3 Å². The number of hydrogen-bond acceptors (Lipinski definition) is 5. The summed E-state index contributed by atoms with van der Waals surface area (Å²) in [4.78, 5) is 8.32. The van der Waals surface area contributed by atoms with Gasteiger partial charge in [0.1, 0.15) is 5.75 Å². The van der Waals surface area contributed by atoms with Crippen LogP contribution in [-0.4, -0.2) is 28.2 Å². The number of aliphatic hydroxyl groups is 1. The molecule has 0 spiro atoms. The van der Waals surface area contributed by atoms with Crippen molar-refractivity contribution >= 4 is 0 Å². The van der Waals surface area contributed by atoms with Crippen LogP contribution in [0.3, 0.4) is 0 Å². The van der Waals surface area contributed by atoms with E-state index in [1.54, 1.807) is 25.7 Å². The van der Waals surface area contributed by atoms with Gasteiger partial charge >= 0.3 is 0 Å². The van der Waals surface area contributed by atoms with Gasteiger partial charge in [-0.25, -0.2) is 0 Å². The van der Waals surface area contributed by atoms with E-state index in [0.717, 1.165) is 17.0 Å². The fourth-order valence-corrected chi connectivity index (χ4v) is 2.19. The Balaban J connectivity index is 2.00. The van der Waals surface area contributed by atoms with Crippen molar-refractivity contribution in [2.75, 3.05) is 7.11 Å². The van der Waals surface area contributed by atoms with Crippen molar-refractivity contribution < 1.29 is 9.84 Å². The summed E-state index contributed by atoms with van der Waals surface area (Å²) in [6.07, 6.45) is 4.43. The third kappa shape index (κ3) is 4.00. The second kappa shape index (κ2) is 7.15. The lowest BCUT2D eigenvalue weighted by atomic mass is 10.0. The summed E-state index contributed by atoms with van der Waals surface area (Å²) in [6, 6.07) is 7.33. The van der Waals surface area contributed by atoms with Crippen LogP contribution < -0.4 is 10.1 Å². The predicted octanol–water partition coefficient (Wildman–Crippen LogP) is 2.26. The maximum atomic E-state index is 10.4. The van der Waals surface area contributed by atoms with Crippen LogP contribution in [0.15, 0.2) is 42.9 Å². The molecule has 0 aliphatic heterocycles. The van der Waals surface area contributed by atoms with Gasteiger partial charge < -0.3 is 15.2 Å². The smallest absolute Gasteiger partial charge is 0.118 e. The first kappa shape index (κ1) is 15.4. The van der Waals surface area contributed by atoms with E-state index in [9.17, 15) is 5.11 Å². The van der Waals surface area contributed by atoms with Crippen LogP contribution in [0, 0.1) is 0 Å². The van der Waals surface area contributed by atoms with E-state index in [1.165, 1.54) is 0 Å². The summed E-state index contributed by atoms with van der Waals surface area (Å²) in [6.45, 7) is 3.95. The fourth-order valence-electron chi connectivity index (χ4n) is 2.19. The van der Waals surface area contributed by atoms with E-state index >= 15 is 0 Å². The van der Waals surface area contributed by atoms with Gasteiger partial charge in [-0.2, -0.15) is 0 Å². The fraction of sp³-hybridized carbons (Fsp3) is 0.375. The Morgan fingerprint density at radius 2 is 1.86 bits per heavy atom. The van der Waals surface area contributed by atoms with Crippen molar-refractivity contribution in [1.29, 1.82) is 0 Å². The molecule has 1 aromatic heterocycles. The third-order valence-corrected chi connectivity index (χ3v) is 3.47. The molecule has 3 atom stereocenters. The Morgan fingerprint density at radius 3 is 2.43 bits per heavy atom. The highest BCUT2D eigenvalue weighted by atomic mass is 16.5. The Bertz CT molecular complexity index is 545. The monoisotopic (exact) mass is 287 g/mol. The number of methoxy groups -OCH3 is 1. The second-order valence-electron chi connectivity index (χ2n) is 5.03. The predicted molar refractivity (Wildman–Crippen MR) is 81.0 cm³/mol. The highest BCUT2D eigenvalue weighted by molar-refractivity contribution is 5.29. The highest BCUT2D eigenvalue weighted by Gasteiger charge is 2.19. The first-order chi connectivity index (χ1) is 10.1. The summed E-state index contributed by atoms with van der Waals surface area (Å²) >= 11 is 0. The zero-order chi connectivity index (χ0) is 15.2. The molecule has 5 heteroatoms. The maximum absolute atomic E-state index is 10.4. The topological polar surface area (TPSA) is 67.3 Å². The number of benzene rings is 1. The molecule has 0 unspecified atom stereocenters. The molecular formula is C16H21N3O2. The molecule has 0 saturated carbocycles. The summed E-state index contributed by atoms with van der Waals surface area (Å²) in [5.74, 6) is 0.777. The van der Waals surface area contributed by atoms with Crippen LogP contribution in [0.4, 0.5) is 0 Å². The van der Waals surface area contributed by atoms with Crippen LogP contribution in [0.5, 0.6) is 5.75 Å². The van der Waals surface area contributed by atoms with E-state index in [1.807, 2.05) is 38.1 Å². The number of ether oxygens (including phenoxy) is 1. The molecule has 0 radical (unpaired) electrons. The molecule has 0 fully saturated rings. The van der Waals surface area contributed by atoms with Crippen LogP contribution in [0.25, 0.3) is 0 Å². The maximum Gasteiger partial charge on any atom is 0.118 e. The summed E-state index contributed by atoms with van der Waals surface area (Å²) in [5.41, 5.74) is 1.70. The van der Waals surface area contributed by atoms with Gasteiger partial charge in [-0.05, 0) is 31.5 Å². The summed E-state index contributed by atoms with van der Waals surface area (Å²) in [7, 11) is 1.62. The van der Waals surface area contributed by atoms with Crippen molar-refractivity contribution in [3.05, 3.63) is 54.1 Å². The van der Waals surface area contributed by atoms with Gasteiger partial charge in [0.05, 0.1) is 18.9 Å². The minimum Gasteiger partial charge on any atom is -0.497 e.